The molecule has 0 unspecified atom stereocenters. The maximum atomic E-state index is 3.55. The lowest BCUT2D eigenvalue weighted by molar-refractivity contribution is 0.477. The second-order valence-electron chi connectivity index (χ2n) is 3.17. The van der Waals surface area contributed by atoms with E-state index in [2.05, 4.69) is 34.3 Å². The normalized spacial score (nSPS) is 8.21. The van der Waals surface area contributed by atoms with Crippen LogP contribution in [0.3, 0.4) is 0 Å². The van der Waals surface area contributed by atoms with Crippen LogP contribution in [0.15, 0.2) is 12.7 Å². The lowest BCUT2D eigenvalue weighted by Gasteiger charge is -2.05. The van der Waals surface area contributed by atoms with E-state index in [-0.39, 0.29) is 0 Å². The fraction of sp³-hybridized carbons (Fsp3) is 0.857. The summed E-state index contributed by atoms with van der Waals surface area (Å²) in [4.78, 5) is 0. The van der Waals surface area contributed by atoms with Crippen molar-refractivity contribution in [3.8, 4) is 0 Å². The van der Waals surface area contributed by atoms with Crippen molar-refractivity contribution in [2.75, 3.05) is 0 Å². The maximum absolute atomic E-state index is 3.55. The SMILES string of the molecule is C=CCCC.CC.CCC(CC)CC. The van der Waals surface area contributed by atoms with E-state index in [4.69, 9.17) is 0 Å². The Hall–Kier alpha value is -0.260. The summed E-state index contributed by atoms with van der Waals surface area (Å²) >= 11 is 0. The zero-order chi connectivity index (χ0) is 11.8. The van der Waals surface area contributed by atoms with Crippen LogP contribution < -0.4 is 0 Å². The molecule has 0 saturated carbocycles. The van der Waals surface area contributed by atoms with Crippen LogP contribution in [0.25, 0.3) is 0 Å². The van der Waals surface area contributed by atoms with E-state index in [1.165, 1.54) is 25.7 Å². The van der Waals surface area contributed by atoms with Gasteiger partial charge in [-0.25, -0.2) is 0 Å². The summed E-state index contributed by atoms with van der Waals surface area (Å²) in [6.07, 6.45) is 8.37. The molecule has 0 aromatic carbocycles. The summed E-state index contributed by atoms with van der Waals surface area (Å²) in [6.45, 7) is 16.5. The van der Waals surface area contributed by atoms with Crippen molar-refractivity contribution >= 4 is 0 Å². The van der Waals surface area contributed by atoms with Crippen molar-refractivity contribution in [3.63, 3.8) is 0 Å². The van der Waals surface area contributed by atoms with E-state index in [0.717, 1.165) is 12.3 Å². The predicted octanol–water partition coefficient (Wildman–Crippen LogP) is 5.83. The molecule has 0 bridgehead atoms. The minimum absolute atomic E-state index is 0.986. The van der Waals surface area contributed by atoms with Crippen molar-refractivity contribution < 1.29 is 0 Å². The molecule has 0 atom stereocenters. The molecule has 0 amide bonds. The number of hydrogen-bond donors (Lipinski definition) is 0. The molecule has 88 valence electrons. The molecule has 0 rings (SSSR count). The molecule has 0 fully saturated rings. The highest BCUT2D eigenvalue weighted by atomic mass is 14.0. The van der Waals surface area contributed by atoms with Crippen LogP contribution in [0, 0.1) is 5.92 Å². The third kappa shape index (κ3) is 22.6. The number of hydrogen-bond acceptors (Lipinski definition) is 0. The van der Waals surface area contributed by atoms with Gasteiger partial charge in [0.15, 0.2) is 0 Å². The molecule has 14 heavy (non-hydrogen) atoms. The molecule has 0 spiro atoms. The standard InChI is InChI=1S/C7H16.C5H10.C2H6/c1-4-7(5-2)6-3;1-3-5-4-2;1-2/h7H,4-6H2,1-3H3;3H,1,4-5H2,2H3;1-2H3. The molecule has 0 aliphatic heterocycles. The second kappa shape index (κ2) is 23.0. The Morgan fingerprint density at radius 3 is 1.29 bits per heavy atom. The van der Waals surface area contributed by atoms with Crippen molar-refractivity contribution in [1.29, 1.82) is 0 Å². The van der Waals surface area contributed by atoms with Crippen molar-refractivity contribution in [2.45, 2.75) is 73.6 Å². The Bertz CT molecular complexity index is 64.6. The molecular weight excluding hydrogens is 168 g/mol. The van der Waals surface area contributed by atoms with E-state index in [9.17, 15) is 0 Å². The zero-order valence-electron chi connectivity index (χ0n) is 11.4. The third-order valence-corrected chi connectivity index (χ3v) is 2.22. The molecule has 0 aliphatic carbocycles. The number of rotatable bonds is 5. The lowest BCUT2D eigenvalue weighted by Crippen LogP contribution is -1.91. The summed E-state index contributed by atoms with van der Waals surface area (Å²) < 4.78 is 0. The molecular formula is C14H32. The van der Waals surface area contributed by atoms with E-state index < -0.39 is 0 Å². The Labute approximate surface area is 92.8 Å². The molecule has 0 aromatic heterocycles. The summed E-state index contributed by atoms with van der Waals surface area (Å²) in [7, 11) is 0. The van der Waals surface area contributed by atoms with Crippen LogP contribution in [0.5, 0.6) is 0 Å². The molecule has 0 heteroatoms. The molecule has 0 aromatic rings. The third-order valence-electron chi connectivity index (χ3n) is 2.22. The first kappa shape index (κ1) is 19.3. The van der Waals surface area contributed by atoms with Gasteiger partial charge in [0.2, 0.25) is 0 Å². The first-order valence-corrected chi connectivity index (χ1v) is 6.37. The van der Waals surface area contributed by atoms with Crippen molar-refractivity contribution in [1.82, 2.24) is 0 Å². The minimum Gasteiger partial charge on any atom is -0.103 e. The van der Waals surface area contributed by atoms with Crippen molar-refractivity contribution in [3.05, 3.63) is 12.7 Å². The number of allylic oxidation sites excluding steroid dienone is 1. The van der Waals surface area contributed by atoms with E-state index in [0.29, 0.717) is 0 Å². The number of unbranched alkanes of at least 4 members (excludes halogenated alkanes) is 1. The average Bonchev–Trinajstić information content (AvgIpc) is 2.25. The largest absolute Gasteiger partial charge is 0.103 e. The highest BCUT2D eigenvalue weighted by Crippen LogP contribution is 2.09. The van der Waals surface area contributed by atoms with Gasteiger partial charge in [0.05, 0.1) is 0 Å². The van der Waals surface area contributed by atoms with Gasteiger partial charge in [0.25, 0.3) is 0 Å². The van der Waals surface area contributed by atoms with Gasteiger partial charge >= 0.3 is 0 Å². The van der Waals surface area contributed by atoms with E-state index in [1.54, 1.807) is 0 Å². The van der Waals surface area contributed by atoms with Gasteiger partial charge in [0.1, 0.15) is 0 Å². The van der Waals surface area contributed by atoms with E-state index >= 15 is 0 Å². The van der Waals surface area contributed by atoms with Gasteiger partial charge < -0.3 is 0 Å². The molecule has 0 nitrogen and oxygen atoms in total. The van der Waals surface area contributed by atoms with Crippen molar-refractivity contribution in [2.24, 2.45) is 5.92 Å². The average molecular weight is 200 g/mol. The molecule has 0 aliphatic rings. The summed E-state index contributed by atoms with van der Waals surface area (Å²) in [5.41, 5.74) is 0. The fourth-order valence-electron chi connectivity index (χ4n) is 1.07. The quantitative estimate of drug-likeness (QED) is 0.490. The topological polar surface area (TPSA) is 0 Å². The van der Waals surface area contributed by atoms with Gasteiger partial charge in [-0.1, -0.05) is 73.3 Å². The first-order valence-electron chi connectivity index (χ1n) is 6.37. The van der Waals surface area contributed by atoms with Crippen LogP contribution in [-0.4, -0.2) is 0 Å². The molecule has 0 heterocycles. The Balaban J connectivity index is -0.000000152. The van der Waals surface area contributed by atoms with Gasteiger partial charge in [0, 0.05) is 0 Å². The fourth-order valence-corrected chi connectivity index (χ4v) is 1.07. The van der Waals surface area contributed by atoms with Gasteiger partial charge in [-0.3, -0.25) is 0 Å². The smallest absolute Gasteiger partial charge is 0.0356 e. The summed E-state index contributed by atoms with van der Waals surface area (Å²) in [5.74, 6) is 0.986. The van der Waals surface area contributed by atoms with Gasteiger partial charge in [-0.05, 0) is 12.3 Å². The van der Waals surface area contributed by atoms with Crippen LogP contribution in [0.2, 0.25) is 0 Å². The minimum atomic E-state index is 0.986. The maximum Gasteiger partial charge on any atom is -0.0356 e. The monoisotopic (exact) mass is 200 g/mol. The van der Waals surface area contributed by atoms with Gasteiger partial charge in [-0.2, -0.15) is 0 Å². The van der Waals surface area contributed by atoms with E-state index in [1.807, 2.05) is 19.9 Å². The lowest BCUT2D eigenvalue weighted by atomic mass is 10.0. The highest BCUT2D eigenvalue weighted by Gasteiger charge is 1.95. The van der Waals surface area contributed by atoms with Crippen LogP contribution in [0.4, 0.5) is 0 Å². The Kier molecular flexibility index (Phi) is 31.7. The Morgan fingerprint density at radius 2 is 1.29 bits per heavy atom. The summed E-state index contributed by atoms with van der Waals surface area (Å²) in [5, 5.41) is 0. The van der Waals surface area contributed by atoms with Crippen LogP contribution >= 0.6 is 0 Å². The van der Waals surface area contributed by atoms with Gasteiger partial charge in [-0.15, -0.1) is 6.58 Å². The molecule has 0 saturated heterocycles. The molecule has 0 N–H and O–H groups in total. The summed E-state index contributed by atoms with van der Waals surface area (Å²) in [6, 6.07) is 0. The predicted molar refractivity (Wildman–Crippen MR) is 70.8 cm³/mol. The zero-order valence-corrected chi connectivity index (χ0v) is 11.4. The Morgan fingerprint density at radius 1 is 0.929 bits per heavy atom. The second-order valence-corrected chi connectivity index (χ2v) is 3.17. The van der Waals surface area contributed by atoms with Crippen LogP contribution in [0.1, 0.15) is 73.6 Å². The first-order chi connectivity index (χ1) is 6.76. The highest BCUT2D eigenvalue weighted by molar-refractivity contribution is 4.63. The van der Waals surface area contributed by atoms with Crippen LogP contribution in [-0.2, 0) is 0 Å². The molecule has 0 radical (unpaired) electrons.